The van der Waals surface area contributed by atoms with Crippen molar-refractivity contribution in [2.24, 2.45) is 0 Å². The Labute approximate surface area is 78.4 Å². The van der Waals surface area contributed by atoms with Crippen molar-refractivity contribution in [3.8, 4) is 0 Å². The second kappa shape index (κ2) is 5.02. The molecule has 1 saturated heterocycles. The van der Waals surface area contributed by atoms with E-state index >= 15 is 0 Å². The summed E-state index contributed by atoms with van der Waals surface area (Å²) in [5.41, 5.74) is 0. The van der Waals surface area contributed by atoms with Crippen molar-refractivity contribution in [3.05, 3.63) is 12.2 Å². The predicted octanol–water partition coefficient (Wildman–Crippen LogP) is 1.41. The highest BCUT2D eigenvalue weighted by atomic mass is 16.5. The molecule has 0 unspecified atom stereocenters. The Hall–Kier alpha value is -0.830. The monoisotopic (exact) mass is 184 g/mol. The van der Waals surface area contributed by atoms with Gasteiger partial charge in [-0.3, -0.25) is 4.79 Å². The number of aliphatic hydroxyl groups is 1. The standard InChI is InChI=1S/C10H16O3/c1-2-3-4-5-9-6-8(11)7-10(12)13-9/h2-3,8-9,11H,4-7H2,1H3/b3-2+/t8-,9+/m0/s1. The lowest BCUT2D eigenvalue weighted by atomic mass is 10.0. The third-order valence-corrected chi connectivity index (χ3v) is 2.13. The number of carbonyl (C=O) groups is 1. The van der Waals surface area contributed by atoms with Gasteiger partial charge in [0.2, 0.25) is 0 Å². The van der Waals surface area contributed by atoms with Gasteiger partial charge < -0.3 is 9.84 Å². The Kier molecular flexibility index (Phi) is 3.96. The molecule has 3 heteroatoms. The number of ether oxygens (including phenoxy) is 1. The molecule has 0 aromatic rings. The zero-order valence-corrected chi connectivity index (χ0v) is 7.90. The highest BCUT2D eigenvalue weighted by molar-refractivity contribution is 5.70. The number of cyclic esters (lactones) is 1. The molecule has 0 amide bonds. The molecular formula is C10H16O3. The number of esters is 1. The van der Waals surface area contributed by atoms with Crippen LogP contribution in [-0.4, -0.2) is 23.3 Å². The summed E-state index contributed by atoms with van der Waals surface area (Å²) in [5, 5.41) is 9.29. The molecule has 0 radical (unpaired) electrons. The van der Waals surface area contributed by atoms with E-state index in [1.807, 2.05) is 19.1 Å². The maximum absolute atomic E-state index is 10.9. The van der Waals surface area contributed by atoms with E-state index in [-0.39, 0.29) is 18.5 Å². The molecule has 0 spiro atoms. The van der Waals surface area contributed by atoms with E-state index in [1.54, 1.807) is 0 Å². The third-order valence-electron chi connectivity index (χ3n) is 2.13. The van der Waals surface area contributed by atoms with E-state index in [4.69, 9.17) is 4.74 Å². The minimum atomic E-state index is -0.503. The summed E-state index contributed by atoms with van der Waals surface area (Å²) in [7, 11) is 0. The first-order valence-corrected chi connectivity index (χ1v) is 4.71. The van der Waals surface area contributed by atoms with Gasteiger partial charge in [-0.1, -0.05) is 12.2 Å². The van der Waals surface area contributed by atoms with Crippen LogP contribution in [0, 0.1) is 0 Å². The van der Waals surface area contributed by atoms with Crippen molar-refractivity contribution >= 4 is 5.97 Å². The van der Waals surface area contributed by atoms with Crippen LogP contribution < -0.4 is 0 Å². The van der Waals surface area contributed by atoms with Gasteiger partial charge in [0, 0.05) is 6.42 Å². The van der Waals surface area contributed by atoms with Gasteiger partial charge in [0.15, 0.2) is 0 Å². The number of aliphatic hydroxyl groups excluding tert-OH is 1. The summed E-state index contributed by atoms with van der Waals surface area (Å²) in [6.45, 7) is 1.96. The van der Waals surface area contributed by atoms with Crippen LogP contribution in [0.25, 0.3) is 0 Å². The summed E-state index contributed by atoms with van der Waals surface area (Å²) < 4.78 is 5.07. The summed E-state index contributed by atoms with van der Waals surface area (Å²) in [4.78, 5) is 10.9. The molecule has 0 aromatic heterocycles. The second-order valence-corrected chi connectivity index (χ2v) is 3.35. The van der Waals surface area contributed by atoms with E-state index in [9.17, 15) is 9.90 Å². The summed E-state index contributed by atoms with van der Waals surface area (Å²) >= 11 is 0. The average molecular weight is 184 g/mol. The first kappa shape index (κ1) is 10.3. The van der Waals surface area contributed by atoms with Crippen molar-refractivity contribution < 1.29 is 14.6 Å². The third kappa shape index (κ3) is 3.59. The van der Waals surface area contributed by atoms with Gasteiger partial charge in [0.1, 0.15) is 6.10 Å². The molecule has 0 bridgehead atoms. The highest BCUT2D eigenvalue weighted by Crippen LogP contribution is 2.18. The van der Waals surface area contributed by atoms with E-state index in [1.165, 1.54) is 0 Å². The molecule has 2 atom stereocenters. The summed E-state index contributed by atoms with van der Waals surface area (Å²) in [6.07, 6.45) is 5.87. The molecule has 3 nitrogen and oxygen atoms in total. The van der Waals surface area contributed by atoms with Gasteiger partial charge in [0.05, 0.1) is 12.5 Å². The van der Waals surface area contributed by atoms with Crippen LogP contribution in [0.3, 0.4) is 0 Å². The molecule has 1 heterocycles. The van der Waals surface area contributed by atoms with Gasteiger partial charge >= 0.3 is 5.97 Å². The van der Waals surface area contributed by atoms with E-state index in [0.717, 1.165) is 12.8 Å². The van der Waals surface area contributed by atoms with Crippen molar-refractivity contribution in [1.82, 2.24) is 0 Å². The molecule has 1 rings (SSSR count). The number of carbonyl (C=O) groups excluding carboxylic acids is 1. The molecule has 1 aliphatic heterocycles. The Morgan fingerprint density at radius 1 is 1.69 bits per heavy atom. The van der Waals surface area contributed by atoms with Crippen molar-refractivity contribution in [3.63, 3.8) is 0 Å². The van der Waals surface area contributed by atoms with E-state index in [0.29, 0.717) is 6.42 Å². The van der Waals surface area contributed by atoms with Gasteiger partial charge in [-0.05, 0) is 19.8 Å². The fourth-order valence-electron chi connectivity index (χ4n) is 1.49. The topological polar surface area (TPSA) is 46.5 Å². The molecule has 1 fully saturated rings. The average Bonchev–Trinajstić information content (AvgIpc) is 2.03. The Morgan fingerprint density at radius 3 is 3.08 bits per heavy atom. The highest BCUT2D eigenvalue weighted by Gasteiger charge is 2.26. The normalized spacial score (nSPS) is 29.2. The smallest absolute Gasteiger partial charge is 0.308 e. The van der Waals surface area contributed by atoms with Gasteiger partial charge in [-0.25, -0.2) is 0 Å². The minimum absolute atomic E-state index is 0.0903. The SMILES string of the molecule is C/C=C/CC[C@@H]1C[C@H](O)CC(=O)O1. The van der Waals surface area contributed by atoms with Crippen LogP contribution in [0.1, 0.15) is 32.6 Å². The van der Waals surface area contributed by atoms with Crippen LogP contribution in [0.15, 0.2) is 12.2 Å². The molecule has 0 aliphatic carbocycles. The lowest BCUT2D eigenvalue weighted by molar-refractivity contribution is -0.160. The van der Waals surface area contributed by atoms with Crippen LogP contribution in [0.2, 0.25) is 0 Å². The largest absolute Gasteiger partial charge is 0.462 e. The second-order valence-electron chi connectivity index (χ2n) is 3.35. The first-order chi connectivity index (χ1) is 6.22. The molecule has 13 heavy (non-hydrogen) atoms. The quantitative estimate of drug-likeness (QED) is 0.533. The van der Waals surface area contributed by atoms with Gasteiger partial charge in [0.25, 0.3) is 0 Å². The van der Waals surface area contributed by atoms with Crippen molar-refractivity contribution in [2.45, 2.75) is 44.8 Å². The van der Waals surface area contributed by atoms with Crippen LogP contribution in [0.5, 0.6) is 0 Å². The maximum atomic E-state index is 10.9. The Balaban J connectivity index is 2.28. The number of hydrogen-bond donors (Lipinski definition) is 1. The summed E-state index contributed by atoms with van der Waals surface area (Å²) in [5.74, 6) is -0.274. The predicted molar refractivity (Wildman–Crippen MR) is 49.2 cm³/mol. The van der Waals surface area contributed by atoms with Crippen LogP contribution in [-0.2, 0) is 9.53 Å². The fourth-order valence-corrected chi connectivity index (χ4v) is 1.49. The van der Waals surface area contributed by atoms with Crippen molar-refractivity contribution in [2.75, 3.05) is 0 Å². The van der Waals surface area contributed by atoms with Crippen molar-refractivity contribution in [1.29, 1.82) is 0 Å². The van der Waals surface area contributed by atoms with Crippen LogP contribution in [0.4, 0.5) is 0 Å². The number of hydrogen-bond acceptors (Lipinski definition) is 3. The molecule has 74 valence electrons. The van der Waals surface area contributed by atoms with E-state index < -0.39 is 6.10 Å². The summed E-state index contributed by atoms with van der Waals surface area (Å²) in [6, 6.07) is 0. The van der Waals surface area contributed by atoms with Gasteiger partial charge in [-0.2, -0.15) is 0 Å². The van der Waals surface area contributed by atoms with E-state index in [2.05, 4.69) is 0 Å². The maximum Gasteiger partial charge on any atom is 0.308 e. The molecule has 0 aromatic carbocycles. The number of rotatable bonds is 3. The van der Waals surface area contributed by atoms with Gasteiger partial charge in [-0.15, -0.1) is 0 Å². The van der Waals surface area contributed by atoms with Crippen LogP contribution >= 0.6 is 0 Å². The fraction of sp³-hybridized carbons (Fsp3) is 0.700. The lowest BCUT2D eigenvalue weighted by Gasteiger charge is -2.25. The lowest BCUT2D eigenvalue weighted by Crippen LogP contribution is -2.32. The zero-order valence-electron chi connectivity index (χ0n) is 7.90. The number of allylic oxidation sites excluding steroid dienone is 2. The zero-order chi connectivity index (χ0) is 9.68. The molecule has 1 aliphatic rings. The molecule has 1 N–H and O–H groups in total. The molecular weight excluding hydrogens is 168 g/mol. The Morgan fingerprint density at radius 2 is 2.46 bits per heavy atom. The Bertz CT molecular complexity index is 198. The molecule has 0 saturated carbocycles. The first-order valence-electron chi connectivity index (χ1n) is 4.71. The minimum Gasteiger partial charge on any atom is -0.462 e.